The summed E-state index contributed by atoms with van der Waals surface area (Å²) in [4.78, 5) is 18.2. The van der Waals surface area contributed by atoms with Gasteiger partial charge < -0.3 is 15.5 Å². The SMILES string of the molecule is CN=C(NCc1cnn(-c2ccccc2)c1)N1CCC(CC(=O)NC)CC1. The molecule has 3 rings (SSSR count). The molecule has 0 unspecified atom stereocenters. The molecule has 1 aliphatic rings. The van der Waals surface area contributed by atoms with Crippen LogP contribution in [0.5, 0.6) is 0 Å². The van der Waals surface area contributed by atoms with Gasteiger partial charge in [-0.15, -0.1) is 0 Å². The van der Waals surface area contributed by atoms with E-state index in [0.29, 0.717) is 18.9 Å². The highest BCUT2D eigenvalue weighted by atomic mass is 16.1. The minimum absolute atomic E-state index is 0.131. The molecular weight excluding hydrogens is 340 g/mol. The van der Waals surface area contributed by atoms with E-state index in [2.05, 4.69) is 25.6 Å². The third-order valence-corrected chi connectivity index (χ3v) is 4.99. The standard InChI is InChI=1S/C20H28N6O/c1-21-19(27)12-16-8-10-25(11-9-16)20(22-2)23-13-17-14-24-26(15-17)18-6-4-3-5-7-18/h3-7,14-16H,8-13H2,1-2H3,(H,21,27)(H,22,23). The number of piperidine rings is 1. The van der Waals surface area contributed by atoms with E-state index in [1.165, 1.54) is 0 Å². The zero-order valence-electron chi connectivity index (χ0n) is 16.1. The molecule has 0 atom stereocenters. The molecule has 7 heteroatoms. The average molecular weight is 368 g/mol. The number of hydrogen-bond acceptors (Lipinski definition) is 3. The van der Waals surface area contributed by atoms with Crippen LogP contribution in [0.2, 0.25) is 0 Å². The number of para-hydroxylation sites is 1. The van der Waals surface area contributed by atoms with Gasteiger partial charge >= 0.3 is 0 Å². The van der Waals surface area contributed by atoms with Gasteiger partial charge in [0.2, 0.25) is 5.91 Å². The van der Waals surface area contributed by atoms with Gasteiger partial charge in [0, 0.05) is 51.9 Å². The van der Waals surface area contributed by atoms with Crippen molar-refractivity contribution in [1.82, 2.24) is 25.3 Å². The molecule has 7 nitrogen and oxygen atoms in total. The molecule has 0 bridgehead atoms. The van der Waals surface area contributed by atoms with Crippen LogP contribution in [0.4, 0.5) is 0 Å². The highest BCUT2D eigenvalue weighted by Crippen LogP contribution is 2.20. The number of likely N-dealkylation sites (tertiary alicyclic amines) is 1. The predicted octanol–water partition coefficient (Wildman–Crippen LogP) is 1.80. The number of guanidine groups is 1. The number of hydrogen-bond donors (Lipinski definition) is 2. The maximum absolute atomic E-state index is 11.5. The second kappa shape index (κ2) is 9.21. The molecule has 0 saturated carbocycles. The quantitative estimate of drug-likeness (QED) is 0.623. The van der Waals surface area contributed by atoms with Crippen LogP contribution in [0.15, 0.2) is 47.7 Å². The number of rotatable bonds is 5. The van der Waals surface area contributed by atoms with Crippen molar-refractivity contribution in [2.75, 3.05) is 27.2 Å². The van der Waals surface area contributed by atoms with E-state index in [1.807, 2.05) is 54.5 Å². The Bertz CT molecular complexity index is 762. The summed E-state index contributed by atoms with van der Waals surface area (Å²) < 4.78 is 1.88. The Labute approximate surface area is 160 Å². The van der Waals surface area contributed by atoms with Gasteiger partial charge in [-0.2, -0.15) is 5.10 Å². The van der Waals surface area contributed by atoms with Crippen molar-refractivity contribution < 1.29 is 4.79 Å². The molecule has 0 spiro atoms. The van der Waals surface area contributed by atoms with Crippen LogP contribution < -0.4 is 10.6 Å². The Kier molecular flexibility index (Phi) is 6.46. The van der Waals surface area contributed by atoms with Gasteiger partial charge in [-0.3, -0.25) is 9.79 Å². The summed E-state index contributed by atoms with van der Waals surface area (Å²) in [5.74, 6) is 1.50. The van der Waals surface area contributed by atoms with E-state index >= 15 is 0 Å². The van der Waals surface area contributed by atoms with Crippen molar-refractivity contribution in [3.05, 3.63) is 48.3 Å². The van der Waals surface area contributed by atoms with Crippen molar-refractivity contribution in [1.29, 1.82) is 0 Å². The third-order valence-electron chi connectivity index (χ3n) is 4.99. The van der Waals surface area contributed by atoms with E-state index in [1.54, 1.807) is 7.05 Å². The fourth-order valence-electron chi connectivity index (χ4n) is 3.40. The smallest absolute Gasteiger partial charge is 0.220 e. The Morgan fingerprint density at radius 1 is 1.26 bits per heavy atom. The Balaban J connectivity index is 1.50. The largest absolute Gasteiger partial charge is 0.359 e. The van der Waals surface area contributed by atoms with Gasteiger partial charge in [0.05, 0.1) is 11.9 Å². The van der Waals surface area contributed by atoms with Gasteiger partial charge in [-0.05, 0) is 30.9 Å². The molecule has 1 aromatic carbocycles. The first kappa shape index (κ1) is 18.9. The summed E-state index contributed by atoms with van der Waals surface area (Å²) in [6.07, 6.45) is 6.56. The van der Waals surface area contributed by atoms with Crippen LogP contribution in [0.1, 0.15) is 24.8 Å². The summed E-state index contributed by atoms with van der Waals surface area (Å²) in [7, 11) is 3.51. The maximum atomic E-state index is 11.5. The molecule has 1 saturated heterocycles. The van der Waals surface area contributed by atoms with Crippen molar-refractivity contribution in [3.8, 4) is 5.69 Å². The van der Waals surface area contributed by atoms with Gasteiger partial charge in [-0.1, -0.05) is 18.2 Å². The first-order valence-electron chi connectivity index (χ1n) is 9.44. The first-order valence-corrected chi connectivity index (χ1v) is 9.44. The number of amides is 1. The summed E-state index contributed by atoms with van der Waals surface area (Å²) in [6.45, 7) is 2.52. The molecule has 2 N–H and O–H groups in total. The first-order chi connectivity index (χ1) is 13.2. The number of nitrogens with zero attached hydrogens (tertiary/aromatic N) is 4. The second-order valence-electron chi connectivity index (χ2n) is 6.84. The number of benzene rings is 1. The number of aromatic nitrogens is 2. The molecule has 1 aliphatic heterocycles. The van der Waals surface area contributed by atoms with E-state index in [-0.39, 0.29) is 5.91 Å². The normalized spacial score (nSPS) is 15.6. The van der Waals surface area contributed by atoms with E-state index in [4.69, 9.17) is 0 Å². The molecule has 1 aromatic heterocycles. The number of aliphatic imine (C=N–C) groups is 1. The Morgan fingerprint density at radius 2 is 2.00 bits per heavy atom. The minimum atomic E-state index is 0.131. The molecule has 0 aliphatic carbocycles. The van der Waals surface area contributed by atoms with Gasteiger partial charge in [-0.25, -0.2) is 4.68 Å². The molecular formula is C20H28N6O. The fraction of sp³-hybridized carbons (Fsp3) is 0.450. The lowest BCUT2D eigenvalue weighted by atomic mass is 9.93. The van der Waals surface area contributed by atoms with E-state index < -0.39 is 0 Å². The minimum Gasteiger partial charge on any atom is -0.359 e. The summed E-state index contributed by atoms with van der Waals surface area (Å²) in [5.41, 5.74) is 2.15. The Hall–Kier alpha value is -2.83. The lowest BCUT2D eigenvalue weighted by molar-refractivity contribution is -0.121. The highest BCUT2D eigenvalue weighted by Gasteiger charge is 2.23. The fourth-order valence-corrected chi connectivity index (χ4v) is 3.40. The summed E-state index contributed by atoms with van der Waals surface area (Å²) in [5, 5.41) is 10.6. The lowest BCUT2D eigenvalue weighted by Crippen LogP contribution is -2.45. The topological polar surface area (TPSA) is 74.5 Å². The molecule has 1 amide bonds. The molecule has 2 aromatic rings. The van der Waals surface area contributed by atoms with Crippen LogP contribution in [0.3, 0.4) is 0 Å². The van der Waals surface area contributed by atoms with Crippen LogP contribution >= 0.6 is 0 Å². The van der Waals surface area contributed by atoms with Gasteiger partial charge in [0.25, 0.3) is 0 Å². The highest BCUT2D eigenvalue weighted by molar-refractivity contribution is 5.80. The van der Waals surface area contributed by atoms with Crippen molar-refractivity contribution >= 4 is 11.9 Å². The van der Waals surface area contributed by atoms with E-state index in [0.717, 1.165) is 43.1 Å². The zero-order valence-corrected chi connectivity index (χ0v) is 16.1. The van der Waals surface area contributed by atoms with Crippen molar-refractivity contribution in [3.63, 3.8) is 0 Å². The monoisotopic (exact) mass is 368 g/mol. The van der Waals surface area contributed by atoms with Crippen LogP contribution in [-0.2, 0) is 11.3 Å². The van der Waals surface area contributed by atoms with E-state index in [9.17, 15) is 4.79 Å². The summed E-state index contributed by atoms with van der Waals surface area (Å²) in [6, 6.07) is 10.1. The maximum Gasteiger partial charge on any atom is 0.220 e. The van der Waals surface area contributed by atoms with Crippen LogP contribution in [0, 0.1) is 5.92 Å². The second-order valence-corrected chi connectivity index (χ2v) is 6.84. The molecule has 144 valence electrons. The third kappa shape index (κ3) is 5.09. The number of carbonyl (C=O) groups excluding carboxylic acids is 1. The Morgan fingerprint density at radius 3 is 2.67 bits per heavy atom. The molecule has 2 heterocycles. The van der Waals surface area contributed by atoms with Crippen molar-refractivity contribution in [2.24, 2.45) is 10.9 Å². The van der Waals surface area contributed by atoms with Gasteiger partial charge in [0.1, 0.15) is 0 Å². The predicted molar refractivity (Wildman–Crippen MR) is 107 cm³/mol. The molecule has 1 fully saturated rings. The average Bonchev–Trinajstić information content (AvgIpc) is 3.19. The molecule has 0 radical (unpaired) electrons. The number of carbonyl (C=O) groups is 1. The van der Waals surface area contributed by atoms with Crippen LogP contribution in [-0.4, -0.2) is 53.7 Å². The van der Waals surface area contributed by atoms with Crippen LogP contribution in [0.25, 0.3) is 5.69 Å². The van der Waals surface area contributed by atoms with Crippen molar-refractivity contribution in [2.45, 2.75) is 25.8 Å². The summed E-state index contributed by atoms with van der Waals surface area (Å²) >= 11 is 0. The number of nitrogens with one attached hydrogen (secondary N) is 2. The zero-order chi connectivity index (χ0) is 19.1. The molecule has 27 heavy (non-hydrogen) atoms. The lowest BCUT2D eigenvalue weighted by Gasteiger charge is -2.34. The van der Waals surface area contributed by atoms with Gasteiger partial charge in [0.15, 0.2) is 5.96 Å².